The number of rotatable bonds is 1. The average Bonchev–Trinajstić information content (AvgIpc) is 3.00. The van der Waals surface area contributed by atoms with Gasteiger partial charge in [0.1, 0.15) is 17.0 Å². The smallest absolute Gasteiger partial charge is 0.272 e. The van der Waals surface area contributed by atoms with Gasteiger partial charge in [-0.25, -0.2) is 4.39 Å². The second-order valence-electron chi connectivity index (χ2n) is 5.17. The summed E-state index contributed by atoms with van der Waals surface area (Å²) < 4.78 is 14.0. The molecule has 0 amide bonds. The van der Waals surface area contributed by atoms with Crippen LogP contribution in [0.3, 0.4) is 0 Å². The topological polar surface area (TPSA) is 100 Å². The summed E-state index contributed by atoms with van der Waals surface area (Å²) in [6, 6.07) is 2.69. The SMILES string of the molecule is Nc1c(-c2c(Cl)cc(F)c3[nH]ncc23)c2ncc(Cl)cc2[nH]c1=O. The van der Waals surface area contributed by atoms with E-state index in [-0.39, 0.29) is 16.2 Å². The highest BCUT2D eigenvalue weighted by atomic mass is 35.5. The molecule has 4 N–H and O–H groups in total. The Balaban J connectivity index is 2.25. The quantitative estimate of drug-likeness (QED) is 0.481. The van der Waals surface area contributed by atoms with Crippen LogP contribution in [0.1, 0.15) is 0 Å². The van der Waals surface area contributed by atoms with Crippen LogP contribution in [0.25, 0.3) is 33.1 Å². The molecule has 4 aromatic rings. The Labute approximate surface area is 143 Å². The third kappa shape index (κ3) is 2.05. The molecule has 1 aromatic carbocycles. The molecule has 9 heteroatoms. The number of benzene rings is 1. The van der Waals surface area contributed by atoms with Gasteiger partial charge in [0.05, 0.1) is 27.3 Å². The van der Waals surface area contributed by atoms with E-state index in [0.717, 1.165) is 6.07 Å². The van der Waals surface area contributed by atoms with Crippen LogP contribution < -0.4 is 11.3 Å². The van der Waals surface area contributed by atoms with Gasteiger partial charge in [-0.1, -0.05) is 23.2 Å². The minimum absolute atomic E-state index is 0.0756. The number of pyridine rings is 2. The summed E-state index contributed by atoms with van der Waals surface area (Å²) in [5, 5.41) is 7.26. The zero-order valence-corrected chi connectivity index (χ0v) is 13.3. The van der Waals surface area contributed by atoms with Gasteiger partial charge in [-0.2, -0.15) is 5.10 Å². The van der Waals surface area contributed by atoms with Crippen molar-refractivity contribution in [3.05, 3.63) is 50.7 Å². The van der Waals surface area contributed by atoms with Crippen molar-refractivity contribution in [3.8, 4) is 11.1 Å². The highest BCUT2D eigenvalue weighted by Crippen LogP contribution is 2.40. The number of hydrogen-bond acceptors (Lipinski definition) is 4. The van der Waals surface area contributed by atoms with Gasteiger partial charge < -0.3 is 10.7 Å². The Morgan fingerprint density at radius 2 is 1.96 bits per heavy atom. The van der Waals surface area contributed by atoms with Gasteiger partial charge in [0.25, 0.3) is 5.56 Å². The molecule has 0 atom stereocenters. The number of nitrogen functional groups attached to an aromatic ring is 1. The largest absolute Gasteiger partial charge is 0.394 e. The lowest BCUT2D eigenvalue weighted by molar-refractivity contribution is 0.636. The van der Waals surface area contributed by atoms with E-state index in [1.54, 1.807) is 6.07 Å². The van der Waals surface area contributed by atoms with Crippen molar-refractivity contribution in [1.82, 2.24) is 20.2 Å². The summed E-state index contributed by atoms with van der Waals surface area (Å²) in [6.45, 7) is 0. The summed E-state index contributed by atoms with van der Waals surface area (Å²) in [7, 11) is 0. The fourth-order valence-corrected chi connectivity index (χ4v) is 3.16. The van der Waals surface area contributed by atoms with E-state index >= 15 is 0 Å². The molecule has 0 aliphatic carbocycles. The molecule has 120 valence electrons. The Bertz CT molecular complexity index is 1180. The van der Waals surface area contributed by atoms with Crippen LogP contribution in [0.4, 0.5) is 10.1 Å². The lowest BCUT2D eigenvalue weighted by Gasteiger charge is -2.12. The molecular weight excluding hydrogens is 356 g/mol. The van der Waals surface area contributed by atoms with E-state index in [9.17, 15) is 9.18 Å². The van der Waals surface area contributed by atoms with Crippen molar-refractivity contribution in [1.29, 1.82) is 0 Å². The Morgan fingerprint density at radius 3 is 2.75 bits per heavy atom. The summed E-state index contributed by atoms with van der Waals surface area (Å²) in [5.74, 6) is -0.556. The molecule has 6 nitrogen and oxygen atoms in total. The molecule has 0 spiro atoms. The summed E-state index contributed by atoms with van der Waals surface area (Å²) in [5.41, 5.74) is 7.04. The zero-order chi connectivity index (χ0) is 17.0. The standard InChI is InChI=1S/C15H8Cl2FN5O/c16-5-1-9-14(20-3-5)11(12(19)15(24)22-9)10-6-4-21-23-13(6)8(18)2-7(10)17/h1-4H,19H2,(H,21,23)(H,22,24). The van der Waals surface area contributed by atoms with E-state index in [1.165, 1.54) is 12.4 Å². The molecule has 0 bridgehead atoms. The Hall–Kier alpha value is -2.64. The lowest BCUT2D eigenvalue weighted by Crippen LogP contribution is -2.14. The molecule has 0 unspecified atom stereocenters. The Kier molecular flexibility index (Phi) is 3.22. The third-order valence-electron chi connectivity index (χ3n) is 3.74. The van der Waals surface area contributed by atoms with E-state index in [4.69, 9.17) is 28.9 Å². The predicted molar refractivity (Wildman–Crippen MR) is 91.8 cm³/mol. The van der Waals surface area contributed by atoms with Crippen molar-refractivity contribution in [2.24, 2.45) is 0 Å². The maximum atomic E-state index is 14.0. The first kappa shape index (κ1) is 14.9. The number of nitrogens with one attached hydrogen (secondary N) is 2. The molecule has 3 aromatic heterocycles. The fourth-order valence-electron chi connectivity index (χ4n) is 2.71. The third-order valence-corrected chi connectivity index (χ3v) is 4.25. The lowest BCUT2D eigenvalue weighted by atomic mass is 9.99. The molecule has 0 saturated heterocycles. The molecule has 4 rings (SSSR count). The van der Waals surface area contributed by atoms with Gasteiger partial charge in [-0.3, -0.25) is 14.9 Å². The summed E-state index contributed by atoms with van der Waals surface area (Å²) >= 11 is 12.2. The van der Waals surface area contributed by atoms with E-state index in [2.05, 4.69) is 20.2 Å². The number of fused-ring (bicyclic) bond motifs is 2. The highest BCUT2D eigenvalue weighted by molar-refractivity contribution is 6.36. The number of aromatic nitrogens is 4. The minimum Gasteiger partial charge on any atom is -0.394 e. The number of nitrogens with zero attached hydrogens (tertiary/aromatic N) is 2. The number of nitrogens with two attached hydrogens (primary N) is 1. The van der Waals surface area contributed by atoms with Gasteiger partial charge in [-0.15, -0.1) is 0 Å². The van der Waals surface area contributed by atoms with Gasteiger partial charge in [0.15, 0.2) is 0 Å². The molecule has 0 aliphatic heterocycles. The fraction of sp³-hybridized carbons (Fsp3) is 0. The van der Waals surface area contributed by atoms with Crippen LogP contribution in [0, 0.1) is 5.82 Å². The van der Waals surface area contributed by atoms with Crippen LogP contribution >= 0.6 is 23.2 Å². The summed E-state index contributed by atoms with van der Waals surface area (Å²) in [4.78, 5) is 19.1. The first-order chi connectivity index (χ1) is 11.5. The maximum Gasteiger partial charge on any atom is 0.272 e. The Morgan fingerprint density at radius 1 is 1.17 bits per heavy atom. The van der Waals surface area contributed by atoms with Crippen LogP contribution in [-0.2, 0) is 0 Å². The normalized spacial score (nSPS) is 11.5. The van der Waals surface area contributed by atoms with Crippen LogP contribution in [0.5, 0.6) is 0 Å². The van der Waals surface area contributed by atoms with Gasteiger partial charge >= 0.3 is 0 Å². The van der Waals surface area contributed by atoms with E-state index in [0.29, 0.717) is 32.6 Å². The molecular formula is C15H8Cl2FN5O. The molecule has 0 radical (unpaired) electrons. The van der Waals surface area contributed by atoms with Gasteiger partial charge in [0.2, 0.25) is 0 Å². The molecule has 0 saturated carbocycles. The first-order valence-corrected chi connectivity index (χ1v) is 7.51. The predicted octanol–water partition coefficient (Wildman–Crippen LogP) is 3.49. The molecule has 0 fully saturated rings. The summed E-state index contributed by atoms with van der Waals surface area (Å²) in [6.07, 6.45) is 2.84. The van der Waals surface area contributed by atoms with Gasteiger partial charge in [0, 0.05) is 22.7 Å². The maximum absolute atomic E-state index is 14.0. The van der Waals surface area contributed by atoms with E-state index in [1.807, 2.05) is 0 Å². The number of aromatic amines is 2. The monoisotopic (exact) mass is 363 g/mol. The van der Waals surface area contributed by atoms with E-state index < -0.39 is 11.4 Å². The van der Waals surface area contributed by atoms with Crippen LogP contribution in [0.2, 0.25) is 10.0 Å². The van der Waals surface area contributed by atoms with Gasteiger partial charge in [-0.05, 0) is 12.1 Å². The van der Waals surface area contributed by atoms with Crippen molar-refractivity contribution in [2.75, 3.05) is 5.73 Å². The van der Waals surface area contributed by atoms with Crippen molar-refractivity contribution in [3.63, 3.8) is 0 Å². The van der Waals surface area contributed by atoms with Crippen molar-refractivity contribution in [2.45, 2.75) is 0 Å². The zero-order valence-electron chi connectivity index (χ0n) is 11.8. The number of hydrogen-bond donors (Lipinski definition) is 3. The second kappa shape index (κ2) is 5.19. The highest BCUT2D eigenvalue weighted by Gasteiger charge is 2.21. The molecule has 3 heterocycles. The first-order valence-electron chi connectivity index (χ1n) is 6.76. The van der Waals surface area contributed by atoms with Crippen LogP contribution in [-0.4, -0.2) is 20.2 Å². The average molecular weight is 364 g/mol. The number of halogens is 3. The van der Waals surface area contributed by atoms with Crippen LogP contribution in [0.15, 0.2) is 29.3 Å². The minimum atomic E-state index is -0.556. The number of anilines is 1. The van der Waals surface area contributed by atoms with Crippen molar-refractivity contribution < 1.29 is 4.39 Å². The molecule has 24 heavy (non-hydrogen) atoms. The number of H-pyrrole nitrogens is 2. The second-order valence-corrected chi connectivity index (χ2v) is 6.01. The van der Waals surface area contributed by atoms with Crippen molar-refractivity contribution >= 4 is 50.8 Å². The molecule has 0 aliphatic rings.